The highest BCUT2D eigenvalue weighted by atomic mass is 35.5. The lowest BCUT2D eigenvalue weighted by Gasteiger charge is -2.28. The number of sulfonamides is 1. The molecule has 3 rings (SSSR count). The van der Waals surface area contributed by atoms with Gasteiger partial charge in [-0.3, -0.25) is 4.79 Å². The van der Waals surface area contributed by atoms with Gasteiger partial charge in [0.15, 0.2) is 0 Å². The number of nitrogens with one attached hydrogen (secondary N) is 1. The molecule has 0 saturated heterocycles. The zero-order valence-electron chi connectivity index (χ0n) is 15.4. The number of hydrogen-bond donors (Lipinski definition) is 1. The lowest BCUT2D eigenvalue weighted by molar-refractivity contribution is 0.102. The zero-order chi connectivity index (χ0) is 19.8. The first kappa shape index (κ1) is 19.6. The molecule has 0 aliphatic carbocycles. The van der Waals surface area contributed by atoms with E-state index in [2.05, 4.69) is 10.3 Å². The number of carbonyl (C=O) groups excluding carboxylic acids is 1. The summed E-state index contributed by atoms with van der Waals surface area (Å²) in [5.74, 6) is 0.299. The summed E-state index contributed by atoms with van der Waals surface area (Å²) >= 11 is 6.04. The average Bonchev–Trinajstić information content (AvgIpc) is 2.60. The summed E-state index contributed by atoms with van der Waals surface area (Å²) in [5.41, 5.74) is 2.94. The van der Waals surface area contributed by atoms with Crippen LogP contribution in [0.1, 0.15) is 21.5 Å². The number of nitrogens with zero attached hydrogens (tertiary/aromatic N) is 3. The minimum Gasteiger partial charge on any atom is -0.363 e. The lowest BCUT2D eigenvalue weighted by atomic mass is 9.99. The van der Waals surface area contributed by atoms with E-state index >= 15 is 0 Å². The van der Waals surface area contributed by atoms with Crippen LogP contribution in [0.2, 0.25) is 5.15 Å². The van der Waals surface area contributed by atoms with E-state index < -0.39 is 10.0 Å². The fourth-order valence-electron chi connectivity index (χ4n) is 3.02. The van der Waals surface area contributed by atoms with Gasteiger partial charge in [0.1, 0.15) is 11.0 Å². The number of pyridine rings is 1. The third kappa shape index (κ3) is 4.40. The second-order valence-electron chi connectivity index (χ2n) is 6.68. The summed E-state index contributed by atoms with van der Waals surface area (Å²) in [4.78, 5) is 18.7. The van der Waals surface area contributed by atoms with Gasteiger partial charge < -0.3 is 10.2 Å². The van der Waals surface area contributed by atoms with E-state index in [4.69, 9.17) is 11.6 Å². The Bertz CT molecular complexity index is 992. The first-order valence-corrected chi connectivity index (χ1v) is 10.6. The normalized spacial score (nSPS) is 14.5. The van der Waals surface area contributed by atoms with Crippen LogP contribution in [-0.2, 0) is 23.0 Å². The molecule has 0 atom stereocenters. The molecule has 0 unspecified atom stereocenters. The maximum absolute atomic E-state index is 12.7. The van der Waals surface area contributed by atoms with Crippen molar-refractivity contribution in [3.05, 3.63) is 52.2 Å². The molecule has 2 aromatic rings. The SMILES string of the molecule is CN(C)c1cc(C(=O)Nc2cccc3c2CCN(S(C)(=O)=O)C3)cc(Cl)n1. The second-order valence-corrected chi connectivity index (χ2v) is 9.04. The zero-order valence-corrected chi connectivity index (χ0v) is 16.9. The molecule has 0 bridgehead atoms. The Morgan fingerprint density at radius 1 is 1.30 bits per heavy atom. The number of aromatic nitrogens is 1. The molecule has 1 N–H and O–H groups in total. The molecule has 27 heavy (non-hydrogen) atoms. The van der Waals surface area contributed by atoms with Crippen LogP contribution in [-0.4, -0.2) is 50.5 Å². The summed E-state index contributed by atoms with van der Waals surface area (Å²) in [6.07, 6.45) is 1.75. The van der Waals surface area contributed by atoms with Gasteiger partial charge in [0, 0.05) is 38.4 Å². The predicted octanol–water partition coefficient (Wildman–Crippen LogP) is 2.37. The van der Waals surface area contributed by atoms with Gasteiger partial charge in [-0.15, -0.1) is 0 Å². The molecule has 9 heteroatoms. The Labute approximate surface area is 164 Å². The number of fused-ring (bicyclic) bond motifs is 1. The summed E-state index contributed by atoms with van der Waals surface area (Å²) in [6.45, 7) is 0.703. The van der Waals surface area contributed by atoms with Crippen LogP contribution in [0.4, 0.5) is 11.5 Å². The summed E-state index contributed by atoms with van der Waals surface area (Å²) in [6, 6.07) is 8.70. The third-order valence-corrected chi connectivity index (χ3v) is 5.89. The lowest BCUT2D eigenvalue weighted by Crippen LogP contribution is -2.35. The maximum Gasteiger partial charge on any atom is 0.255 e. The van der Waals surface area contributed by atoms with Crippen molar-refractivity contribution in [2.75, 3.05) is 37.1 Å². The molecule has 2 heterocycles. The van der Waals surface area contributed by atoms with Crippen molar-refractivity contribution < 1.29 is 13.2 Å². The quantitative estimate of drug-likeness (QED) is 0.785. The number of anilines is 2. The molecule has 144 valence electrons. The van der Waals surface area contributed by atoms with Crippen LogP contribution < -0.4 is 10.2 Å². The Morgan fingerprint density at radius 2 is 2.04 bits per heavy atom. The van der Waals surface area contributed by atoms with Crippen molar-refractivity contribution in [3.8, 4) is 0 Å². The van der Waals surface area contributed by atoms with E-state index in [1.165, 1.54) is 16.6 Å². The molecule has 0 spiro atoms. The Kier molecular flexibility index (Phi) is 5.41. The van der Waals surface area contributed by atoms with E-state index in [1.54, 1.807) is 11.0 Å². The van der Waals surface area contributed by atoms with Crippen LogP contribution in [0.15, 0.2) is 30.3 Å². The highest BCUT2D eigenvalue weighted by molar-refractivity contribution is 7.88. The van der Waals surface area contributed by atoms with Gasteiger partial charge >= 0.3 is 0 Å². The van der Waals surface area contributed by atoms with E-state index in [0.29, 0.717) is 36.6 Å². The summed E-state index contributed by atoms with van der Waals surface area (Å²) in [5, 5.41) is 3.16. The molecule has 1 aromatic carbocycles. The fraction of sp³-hybridized carbons (Fsp3) is 0.333. The van der Waals surface area contributed by atoms with Crippen molar-refractivity contribution in [1.82, 2.24) is 9.29 Å². The molecule has 1 aliphatic rings. The van der Waals surface area contributed by atoms with Gasteiger partial charge in [-0.1, -0.05) is 23.7 Å². The molecular weight excluding hydrogens is 388 g/mol. The van der Waals surface area contributed by atoms with Gasteiger partial charge in [-0.25, -0.2) is 13.4 Å². The van der Waals surface area contributed by atoms with E-state index in [0.717, 1.165) is 11.1 Å². The Balaban J connectivity index is 1.87. The fourth-order valence-corrected chi connectivity index (χ4v) is 4.02. The molecule has 1 aromatic heterocycles. The van der Waals surface area contributed by atoms with Crippen LogP contribution in [0.25, 0.3) is 0 Å². The monoisotopic (exact) mass is 408 g/mol. The number of carbonyl (C=O) groups is 1. The van der Waals surface area contributed by atoms with Crippen molar-refractivity contribution in [2.24, 2.45) is 0 Å². The summed E-state index contributed by atoms with van der Waals surface area (Å²) < 4.78 is 25.0. The van der Waals surface area contributed by atoms with Gasteiger partial charge in [0.25, 0.3) is 5.91 Å². The molecule has 7 nitrogen and oxygen atoms in total. The second kappa shape index (κ2) is 7.46. The highest BCUT2D eigenvalue weighted by Crippen LogP contribution is 2.28. The first-order valence-electron chi connectivity index (χ1n) is 8.37. The Hall–Kier alpha value is -2.16. The van der Waals surface area contributed by atoms with Crippen molar-refractivity contribution in [2.45, 2.75) is 13.0 Å². The van der Waals surface area contributed by atoms with Crippen molar-refractivity contribution in [3.63, 3.8) is 0 Å². The standard InChI is InChI=1S/C18H21ClN4O3S/c1-22(2)17-10-13(9-16(19)21-17)18(24)20-15-6-4-5-12-11-23(27(3,25)26)8-7-14(12)15/h4-6,9-10H,7-8,11H2,1-3H3,(H,20,24). The third-order valence-electron chi connectivity index (χ3n) is 4.45. The van der Waals surface area contributed by atoms with Crippen LogP contribution >= 0.6 is 11.6 Å². The molecular formula is C18H21ClN4O3S. The maximum atomic E-state index is 12.7. The molecule has 1 amide bonds. The Morgan fingerprint density at radius 3 is 2.70 bits per heavy atom. The topological polar surface area (TPSA) is 82.6 Å². The minimum absolute atomic E-state index is 0.241. The number of benzene rings is 1. The van der Waals surface area contributed by atoms with Crippen LogP contribution in [0, 0.1) is 0 Å². The molecule has 0 saturated carbocycles. The van der Waals surface area contributed by atoms with Crippen LogP contribution in [0.5, 0.6) is 0 Å². The average molecular weight is 409 g/mol. The van der Waals surface area contributed by atoms with Gasteiger partial charge in [0.2, 0.25) is 10.0 Å². The highest BCUT2D eigenvalue weighted by Gasteiger charge is 2.25. The van der Waals surface area contributed by atoms with Gasteiger partial charge in [0.05, 0.1) is 6.26 Å². The smallest absolute Gasteiger partial charge is 0.255 e. The van der Waals surface area contributed by atoms with Crippen molar-refractivity contribution in [1.29, 1.82) is 0 Å². The van der Waals surface area contributed by atoms with E-state index in [1.807, 2.05) is 32.3 Å². The number of rotatable bonds is 4. The molecule has 0 fully saturated rings. The number of amides is 1. The van der Waals surface area contributed by atoms with Gasteiger partial charge in [-0.2, -0.15) is 4.31 Å². The van der Waals surface area contributed by atoms with Gasteiger partial charge in [-0.05, 0) is 35.7 Å². The van der Waals surface area contributed by atoms with Crippen LogP contribution in [0.3, 0.4) is 0 Å². The first-order chi connectivity index (χ1) is 12.6. The minimum atomic E-state index is -3.25. The van der Waals surface area contributed by atoms with E-state index in [9.17, 15) is 13.2 Å². The molecule has 1 aliphatic heterocycles. The predicted molar refractivity (Wildman–Crippen MR) is 107 cm³/mol. The summed E-state index contributed by atoms with van der Waals surface area (Å²) in [7, 11) is 0.396. The number of hydrogen-bond acceptors (Lipinski definition) is 5. The number of halogens is 1. The molecule has 0 radical (unpaired) electrons. The van der Waals surface area contributed by atoms with E-state index in [-0.39, 0.29) is 11.1 Å². The van der Waals surface area contributed by atoms with Crippen molar-refractivity contribution >= 4 is 39.0 Å². The largest absolute Gasteiger partial charge is 0.363 e.